The summed E-state index contributed by atoms with van der Waals surface area (Å²) >= 11 is 2.95. The van der Waals surface area contributed by atoms with E-state index in [4.69, 9.17) is 0 Å². The van der Waals surface area contributed by atoms with Gasteiger partial charge in [-0.25, -0.2) is 0 Å². The standard InChI is InChI=1S/C10H11BrN2O4/c1-2-3-7(14)4-12-5-8(11)10(15)9(6-12)13(16)17/h5-6H,2-4H2,1H3. The summed E-state index contributed by atoms with van der Waals surface area (Å²) in [7, 11) is 0. The van der Waals surface area contributed by atoms with Gasteiger partial charge in [-0.05, 0) is 22.4 Å². The summed E-state index contributed by atoms with van der Waals surface area (Å²) < 4.78 is 1.43. The SMILES string of the molecule is CCCC(=O)Cn1cc(Br)c(=O)c([N+](=O)[O-])c1. The Morgan fingerprint density at radius 1 is 1.53 bits per heavy atom. The van der Waals surface area contributed by atoms with E-state index in [-0.39, 0.29) is 16.8 Å². The summed E-state index contributed by atoms with van der Waals surface area (Å²) in [5.74, 6) is -0.0302. The van der Waals surface area contributed by atoms with E-state index in [2.05, 4.69) is 15.9 Å². The first kappa shape index (κ1) is 13.6. The third kappa shape index (κ3) is 3.48. The number of nitro groups is 1. The zero-order valence-electron chi connectivity index (χ0n) is 9.18. The molecule has 1 rings (SSSR count). The second-order valence-corrected chi connectivity index (χ2v) is 4.39. The number of ketones is 1. The van der Waals surface area contributed by atoms with Crippen LogP contribution in [0, 0.1) is 10.1 Å². The molecule has 0 radical (unpaired) electrons. The predicted octanol–water partition coefficient (Wildman–Crippen LogP) is 1.89. The molecule has 17 heavy (non-hydrogen) atoms. The second-order valence-electron chi connectivity index (χ2n) is 3.54. The molecule has 0 unspecified atom stereocenters. The van der Waals surface area contributed by atoms with Gasteiger partial charge in [0.2, 0.25) is 0 Å². The lowest BCUT2D eigenvalue weighted by Gasteiger charge is -2.05. The molecule has 0 saturated carbocycles. The Hall–Kier alpha value is -1.50. The van der Waals surface area contributed by atoms with Crippen LogP contribution in [0.25, 0.3) is 0 Å². The molecular formula is C10H11BrN2O4. The van der Waals surface area contributed by atoms with Crippen LogP contribution in [-0.2, 0) is 11.3 Å². The minimum absolute atomic E-state index is 0.0302. The molecule has 1 aromatic rings. The lowest BCUT2D eigenvalue weighted by molar-refractivity contribution is -0.386. The van der Waals surface area contributed by atoms with Crippen LogP contribution in [0.3, 0.4) is 0 Å². The topological polar surface area (TPSA) is 82.2 Å². The molecule has 0 aliphatic rings. The fourth-order valence-corrected chi connectivity index (χ4v) is 1.83. The average molecular weight is 303 g/mol. The molecule has 1 aromatic heterocycles. The van der Waals surface area contributed by atoms with Crippen LogP contribution >= 0.6 is 15.9 Å². The molecule has 0 aliphatic carbocycles. The highest BCUT2D eigenvalue weighted by Gasteiger charge is 2.16. The van der Waals surface area contributed by atoms with Crippen LogP contribution in [0.4, 0.5) is 5.69 Å². The van der Waals surface area contributed by atoms with Crippen molar-refractivity contribution in [2.45, 2.75) is 26.3 Å². The first-order valence-electron chi connectivity index (χ1n) is 5.01. The Kier molecular flexibility index (Phi) is 4.56. The quantitative estimate of drug-likeness (QED) is 0.614. The van der Waals surface area contributed by atoms with Crippen LogP contribution in [0.2, 0.25) is 0 Å². The molecule has 0 bridgehead atoms. The number of aromatic nitrogens is 1. The molecule has 7 heteroatoms. The number of halogens is 1. The molecule has 0 saturated heterocycles. The largest absolute Gasteiger partial charge is 0.339 e. The summed E-state index contributed by atoms with van der Waals surface area (Å²) in [6, 6.07) is 0. The predicted molar refractivity (Wildman–Crippen MR) is 65.0 cm³/mol. The number of hydrogen-bond acceptors (Lipinski definition) is 4. The number of carbonyl (C=O) groups is 1. The number of nitrogens with zero attached hydrogens (tertiary/aromatic N) is 2. The Bertz CT molecular complexity index is 510. The van der Waals surface area contributed by atoms with Gasteiger partial charge in [0.15, 0.2) is 5.78 Å². The Balaban J connectivity index is 3.07. The van der Waals surface area contributed by atoms with Crippen molar-refractivity contribution in [2.24, 2.45) is 0 Å². The van der Waals surface area contributed by atoms with E-state index in [1.165, 1.54) is 10.8 Å². The lowest BCUT2D eigenvalue weighted by Crippen LogP contribution is -2.16. The van der Waals surface area contributed by atoms with Gasteiger partial charge < -0.3 is 4.57 Å². The molecule has 0 aliphatic heterocycles. The van der Waals surface area contributed by atoms with Crippen LogP contribution in [-0.4, -0.2) is 15.3 Å². The Morgan fingerprint density at radius 2 is 2.18 bits per heavy atom. The third-order valence-corrected chi connectivity index (χ3v) is 2.67. The zero-order chi connectivity index (χ0) is 13.0. The van der Waals surface area contributed by atoms with Gasteiger partial charge in [0.05, 0.1) is 22.1 Å². The summed E-state index contributed by atoms with van der Waals surface area (Å²) in [4.78, 5) is 32.7. The number of carbonyl (C=O) groups excluding carboxylic acids is 1. The molecule has 0 spiro atoms. The van der Waals surface area contributed by atoms with E-state index in [0.717, 1.165) is 12.6 Å². The summed E-state index contributed by atoms with van der Waals surface area (Å²) in [5.41, 5.74) is -1.22. The van der Waals surface area contributed by atoms with E-state index < -0.39 is 16.0 Å². The van der Waals surface area contributed by atoms with Crippen molar-refractivity contribution < 1.29 is 9.72 Å². The van der Waals surface area contributed by atoms with Crippen LogP contribution in [0.5, 0.6) is 0 Å². The zero-order valence-corrected chi connectivity index (χ0v) is 10.8. The average Bonchev–Trinajstić information content (AvgIpc) is 2.23. The number of hydrogen-bond donors (Lipinski definition) is 0. The van der Waals surface area contributed by atoms with E-state index in [0.29, 0.717) is 6.42 Å². The van der Waals surface area contributed by atoms with Crippen molar-refractivity contribution in [1.82, 2.24) is 4.57 Å². The maximum absolute atomic E-state index is 11.4. The van der Waals surface area contributed by atoms with E-state index in [1.807, 2.05) is 6.92 Å². The molecule has 0 atom stereocenters. The van der Waals surface area contributed by atoms with Crippen molar-refractivity contribution in [1.29, 1.82) is 0 Å². The van der Waals surface area contributed by atoms with Crippen molar-refractivity contribution in [3.63, 3.8) is 0 Å². The van der Waals surface area contributed by atoms with Gasteiger partial charge in [-0.1, -0.05) is 6.92 Å². The summed E-state index contributed by atoms with van der Waals surface area (Å²) in [6.07, 6.45) is 3.60. The van der Waals surface area contributed by atoms with Crippen molar-refractivity contribution in [3.05, 3.63) is 37.2 Å². The fraction of sp³-hybridized carbons (Fsp3) is 0.400. The molecule has 0 amide bonds. The summed E-state index contributed by atoms with van der Waals surface area (Å²) in [6.45, 7) is 1.91. The molecule has 1 heterocycles. The highest BCUT2D eigenvalue weighted by molar-refractivity contribution is 9.10. The second kappa shape index (κ2) is 5.72. The van der Waals surface area contributed by atoms with Gasteiger partial charge >= 0.3 is 5.69 Å². The van der Waals surface area contributed by atoms with Crippen LogP contribution in [0.1, 0.15) is 19.8 Å². The summed E-state index contributed by atoms with van der Waals surface area (Å²) in [5, 5.41) is 10.6. The highest BCUT2D eigenvalue weighted by atomic mass is 79.9. The van der Waals surface area contributed by atoms with E-state index in [1.54, 1.807) is 0 Å². The lowest BCUT2D eigenvalue weighted by atomic mass is 10.2. The molecular weight excluding hydrogens is 292 g/mol. The molecule has 92 valence electrons. The van der Waals surface area contributed by atoms with E-state index >= 15 is 0 Å². The van der Waals surface area contributed by atoms with Crippen LogP contribution in [0.15, 0.2) is 21.7 Å². The highest BCUT2D eigenvalue weighted by Crippen LogP contribution is 2.11. The molecule has 0 N–H and O–H groups in total. The van der Waals surface area contributed by atoms with Gasteiger partial charge in [-0.2, -0.15) is 0 Å². The maximum atomic E-state index is 11.4. The maximum Gasteiger partial charge on any atom is 0.333 e. The van der Waals surface area contributed by atoms with Crippen molar-refractivity contribution >= 4 is 27.4 Å². The first-order valence-corrected chi connectivity index (χ1v) is 5.80. The number of Topliss-reactive ketones (excluding diaryl/α,β-unsaturated/α-hetero) is 1. The Morgan fingerprint density at radius 3 is 2.71 bits per heavy atom. The van der Waals surface area contributed by atoms with Gasteiger partial charge in [0, 0.05) is 12.6 Å². The Labute approximate surface area is 106 Å². The molecule has 6 nitrogen and oxygen atoms in total. The normalized spacial score (nSPS) is 10.2. The first-order chi connectivity index (χ1) is 7.95. The molecule has 0 fully saturated rings. The van der Waals surface area contributed by atoms with Gasteiger partial charge in [0.25, 0.3) is 5.43 Å². The molecule has 0 aromatic carbocycles. The van der Waals surface area contributed by atoms with Crippen molar-refractivity contribution in [3.8, 4) is 0 Å². The van der Waals surface area contributed by atoms with Gasteiger partial charge in [-0.3, -0.25) is 19.7 Å². The number of rotatable bonds is 5. The third-order valence-electron chi connectivity index (χ3n) is 2.10. The minimum Gasteiger partial charge on any atom is -0.339 e. The smallest absolute Gasteiger partial charge is 0.333 e. The van der Waals surface area contributed by atoms with Crippen LogP contribution < -0.4 is 5.43 Å². The van der Waals surface area contributed by atoms with Gasteiger partial charge in [-0.15, -0.1) is 0 Å². The van der Waals surface area contributed by atoms with E-state index in [9.17, 15) is 19.7 Å². The van der Waals surface area contributed by atoms with Crippen molar-refractivity contribution in [2.75, 3.05) is 0 Å². The van der Waals surface area contributed by atoms with Gasteiger partial charge in [0.1, 0.15) is 0 Å². The number of pyridine rings is 1. The monoisotopic (exact) mass is 302 g/mol. The fourth-order valence-electron chi connectivity index (χ4n) is 1.36. The minimum atomic E-state index is -0.756.